The fourth-order valence-corrected chi connectivity index (χ4v) is 1.96. The molecular formula is C15H16ClNO4. The molecule has 1 N–H and O–H groups in total. The molecule has 0 aliphatic rings. The molecule has 2 rings (SSSR count). The van der Waals surface area contributed by atoms with E-state index in [1.165, 1.54) is 6.92 Å². The first kappa shape index (κ1) is 15.4. The molecule has 0 fully saturated rings. The monoisotopic (exact) mass is 309 g/mol. The summed E-state index contributed by atoms with van der Waals surface area (Å²) in [5.74, 6) is -0.965. The Morgan fingerprint density at radius 1 is 1.38 bits per heavy atom. The second-order valence-corrected chi connectivity index (χ2v) is 5.07. The zero-order valence-corrected chi connectivity index (χ0v) is 12.6. The Hall–Kier alpha value is -2.01. The number of hydrogen-bond acceptors (Lipinski definition) is 4. The van der Waals surface area contributed by atoms with Gasteiger partial charge in [-0.05, 0) is 37.6 Å². The van der Waals surface area contributed by atoms with E-state index in [0.717, 1.165) is 6.42 Å². The lowest BCUT2D eigenvalue weighted by atomic mass is 10.2. The first-order valence-corrected chi connectivity index (χ1v) is 7.07. The van der Waals surface area contributed by atoms with Crippen LogP contribution in [0.25, 0.3) is 11.0 Å². The molecule has 0 spiro atoms. The molecule has 0 bridgehead atoms. The molecule has 6 heteroatoms. The normalized spacial score (nSPS) is 12.1. The average Bonchev–Trinajstić information content (AvgIpc) is 2.87. The van der Waals surface area contributed by atoms with Gasteiger partial charge < -0.3 is 14.5 Å². The number of carbonyl (C=O) groups excluding carboxylic acids is 2. The number of hydrogen-bond donors (Lipinski definition) is 1. The van der Waals surface area contributed by atoms with Gasteiger partial charge >= 0.3 is 5.97 Å². The molecule has 2 aromatic rings. The maximum atomic E-state index is 12.0. The van der Waals surface area contributed by atoms with Crippen LogP contribution >= 0.6 is 11.6 Å². The highest BCUT2D eigenvalue weighted by Crippen LogP contribution is 2.23. The van der Waals surface area contributed by atoms with Crippen LogP contribution in [-0.4, -0.2) is 24.5 Å². The van der Waals surface area contributed by atoms with Crippen molar-refractivity contribution in [3.63, 3.8) is 0 Å². The maximum Gasteiger partial charge on any atom is 0.375 e. The van der Waals surface area contributed by atoms with Crippen LogP contribution < -0.4 is 5.32 Å². The van der Waals surface area contributed by atoms with Gasteiger partial charge in [-0.3, -0.25) is 4.79 Å². The average molecular weight is 310 g/mol. The topological polar surface area (TPSA) is 68.5 Å². The van der Waals surface area contributed by atoms with E-state index >= 15 is 0 Å². The van der Waals surface area contributed by atoms with Crippen molar-refractivity contribution in [3.8, 4) is 0 Å². The Labute approximate surface area is 127 Å². The molecule has 1 amide bonds. The van der Waals surface area contributed by atoms with E-state index in [4.69, 9.17) is 20.8 Å². The molecule has 5 nitrogen and oxygen atoms in total. The fraction of sp³-hybridized carbons (Fsp3) is 0.333. The van der Waals surface area contributed by atoms with E-state index in [0.29, 0.717) is 22.5 Å². The van der Waals surface area contributed by atoms with Crippen LogP contribution in [0.1, 0.15) is 30.8 Å². The molecule has 0 aliphatic heterocycles. The Kier molecular flexibility index (Phi) is 4.85. The molecule has 0 saturated heterocycles. The van der Waals surface area contributed by atoms with Crippen molar-refractivity contribution >= 4 is 34.4 Å². The summed E-state index contributed by atoms with van der Waals surface area (Å²) in [4.78, 5) is 23.6. The predicted molar refractivity (Wildman–Crippen MR) is 79.4 cm³/mol. The highest BCUT2D eigenvalue weighted by atomic mass is 35.5. The third-order valence-corrected chi connectivity index (χ3v) is 3.12. The van der Waals surface area contributed by atoms with E-state index < -0.39 is 12.1 Å². The predicted octanol–water partition coefficient (Wildman–Crippen LogP) is 3.16. The highest BCUT2D eigenvalue weighted by Gasteiger charge is 2.21. The Morgan fingerprint density at radius 2 is 2.14 bits per heavy atom. The molecule has 0 saturated carbocycles. The summed E-state index contributed by atoms with van der Waals surface area (Å²) in [6, 6.07) is 6.57. The molecule has 0 aliphatic carbocycles. The smallest absolute Gasteiger partial charge is 0.375 e. The quantitative estimate of drug-likeness (QED) is 0.861. The van der Waals surface area contributed by atoms with Gasteiger partial charge in [0.1, 0.15) is 5.58 Å². The second-order valence-electron chi connectivity index (χ2n) is 4.63. The Morgan fingerprint density at radius 3 is 2.86 bits per heavy atom. The van der Waals surface area contributed by atoms with Gasteiger partial charge in [0.25, 0.3) is 5.91 Å². The number of rotatable bonds is 5. The van der Waals surface area contributed by atoms with Crippen molar-refractivity contribution < 1.29 is 18.7 Å². The zero-order chi connectivity index (χ0) is 15.4. The summed E-state index contributed by atoms with van der Waals surface area (Å²) in [5.41, 5.74) is 0.537. The van der Waals surface area contributed by atoms with Gasteiger partial charge in [0, 0.05) is 17.0 Å². The van der Waals surface area contributed by atoms with Gasteiger partial charge in [0.05, 0.1) is 0 Å². The summed E-state index contributed by atoms with van der Waals surface area (Å²) in [5, 5.41) is 3.92. The standard InChI is InChI=1S/C15H16ClNO4/c1-3-6-17-14(18)9(2)20-15(19)13-8-10-7-11(16)4-5-12(10)21-13/h4-5,7-9H,3,6H2,1-2H3,(H,17,18). The fourth-order valence-electron chi connectivity index (χ4n) is 1.78. The zero-order valence-electron chi connectivity index (χ0n) is 11.8. The van der Waals surface area contributed by atoms with Crippen LogP contribution in [0.2, 0.25) is 5.02 Å². The Balaban J connectivity index is 2.06. The number of amides is 1. The lowest BCUT2D eigenvalue weighted by molar-refractivity contribution is -0.129. The minimum absolute atomic E-state index is 0.0439. The lowest BCUT2D eigenvalue weighted by Gasteiger charge is -2.11. The number of nitrogens with one attached hydrogen (secondary N) is 1. The maximum absolute atomic E-state index is 12.0. The van der Waals surface area contributed by atoms with Crippen LogP contribution in [0.15, 0.2) is 28.7 Å². The van der Waals surface area contributed by atoms with Gasteiger partial charge in [-0.2, -0.15) is 0 Å². The first-order valence-electron chi connectivity index (χ1n) is 6.69. The van der Waals surface area contributed by atoms with Gasteiger partial charge in [-0.15, -0.1) is 0 Å². The van der Waals surface area contributed by atoms with Crippen LogP contribution in [0, 0.1) is 0 Å². The summed E-state index contributed by atoms with van der Waals surface area (Å²) in [7, 11) is 0. The van der Waals surface area contributed by atoms with E-state index in [9.17, 15) is 9.59 Å². The third-order valence-electron chi connectivity index (χ3n) is 2.88. The highest BCUT2D eigenvalue weighted by molar-refractivity contribution is 6.31. The molecule has 112 valence electrons. The lowest BCUT2D eigenvalue weighted by Crippen LogP contribution is -2.36. The number of furan rings is 1. The van der Waals surface area contributed by atoms with Gasteiger partial charge in [0.2, 0.25) is 5.76 Å². The Bertz CT molecular complexity index is 665. The van der Waals surface area contributed by atoms with Gasteiger partial charge in [0.15, 0.2) is 6.10 Å². The second kappa shape index (κ2) is 6.63. The van der Waals surface area contributed by atoms with Crippen LogP contribution in [-0.2, 0) is 9.53 Å². The first-order chi connectivity index (χ1) is 10.0. The summed E-state index contributed by atoms with van der Waals surface area (Å²) in [6.45, 7) is 4.00. The molecule has 21 heavy (non-hydrogen) atoms. The van der Waals surface area contributed by atoms with Crippen LogP contribution in [0.5, 0.6) is 0 Å². The molecule has 1 aromatic heterocycles. The molecule has 0 radical (unpaired) electrons. The molecule has 1 heterocycles. The largest absolute Gasteiger partial charge is 0.449 e. The van der Waals surface area contributed by atoms with Crippen molar-refractivity contribution in [2.45, 2.75) is 26.4 Å². The van der Waals surface area contributed by atoms with Crippen LogP contribution in [0.3, 0.4) is 0 Å². The minimum atomic E-state index is -0.874. The summed E-state index contributed by atoms with van der Waals surface area (Å²) in [6.07, 6.45) is -0.0580. The van der Waals surface area contributed by atoms with Gasteiger partial charge in [-0.25, -0.2) is 4.79 Å². The molecular weight excluding hydrogens is 294 g/mol. The summed E-state index contributed by atoms with van der Waals surface area (Å²) < 4.78 is 10.5. The van der Waals surface area contributed by atoms with Crippen molar-refractivity contribution in [3.05, 3.63) is 35.0 Å². The number of halogens is 1. The summed E-state index contributed by atoms with van der Waals surface area (Å²) >= 11 is 5.87. The van der Waals surface area contributed by atoms with Crippen LogP contribution in [0.4, 0.5) is 0 Å². The van der Waals surface area contributed by atoms with E-state index in [-0.39, 0.29) is 11.7 Å². The van der Waals surface area contributed by atoms with Crippen molar-refractivity contribution in [2.75, 3.05) is 6.54 Å². The molecule has 1 unspecified atom stereocenters. The third kappa shape index (κ3) is 3.76. The number of ether oxygens (including phenoxy) is 1. The molecule has 1 atom stereocenters. The van der Waals surface area contributed by atoms with Gasteiger partial charge in [-0.1, -0.05) is 18.5 Å². The van der Waals surface area contributed by atoms with E-state index in [1.807, 2.05) is 6.92 Å². The van der Waals surface area contributed by atoms with E-state index in [2.05, 4.69) is 5.32 Å². The van der Waals surface area contributed by atoms with Crippen molar-refractivity contribution in [1.82, 2.24) is 5.32 Å². The number of benzene rings is 1. The minimum Gasteiger partial charge on any atom is -0.449 e. The number of carbonyl (C=O) groups is 2. The molecule has 1 aromatic carbocycles. The SMILES string of the molecule is CCCNC(=O)C(C)OC(=O)c1cc2cc(Cl)ccc2o1. The van der Waals surface area contributed by atoms with E-state index in [1.54, 1.807) is 24.3 Å². The van der Waals surface area contributed by atoms with Crippen molar-refractivity contribution in [1.29, 1.82) is 0 Å². The number of fused-ring (bicyclic) bond motifs is 1. The number of esters is 1. The van der Waals surface area contributed by atoms with Crippen molar-refractivity contribution in [2.24, 2.45) is 0 Å².